The minimum Gasteiger partial charge on any atom is -0.466 e. The summed E-state index contributed by atoms with van der Waals surface area (Å²) in [6.07, 6.45) is 5.22. The van der Waals surface area contributed by atoms with Crippen LogP contribution in [0.15, 0.2) is 21.2 Å². The maximum atomic E-state index is 5.61. The summed E-state index contributed by atoms with van der Waals surface area (Å²) in [5, 5.41) is 3.58. The maximum absolute atomic E-state index is 5.61. The van der Waals surface area contributed by atoms with Crippen molar-refractivity contribution in [2.75, 3.05) is 19.8 Å². The predicted molar refractivity (Wildman–Crippen MR) is 71.0 cm³/mol. The van der Waals surface area contributed by atoms with E-state index in [0.717, 1.165) is 42.8 Å². The van der Waals surface area contributed by atoms with Crippen molar-refractivity contribution >= 4 is 15.9 Å². The van der Waals surface area contributed by atoms with Gasteiger partial charge in [0.05, 0.1) is 23.4 Å². The zero-order valence-electron chi connectivity index (χ0n) is 10.2. The zero-order valence-corrected chi connectivity index (χ0v) is 11.8. The Balaban J connectivity index is 2.09. The van der Waals surface area contributed by atoms with Gasteiger partial charge in [0, 0.05) is 12.5 Å². The average Bonchev–Trinajstić information content (AvgIpc) is 2.78. The molecular weight excluding hydrogens is 282 g/mol. The van der Waals surface area contributed by atoms with Crippen molar-refractivity contribution in [2.24, 2.45) is 5.92 Å². The van der Waals surface area contributed by atoms with E-state index in [0.29, 0.717) is 5.92 Å². The molecule has 4 heteroatoms. The fraction of sp³-hybridized carbons (Fsp3) is 0.692. The van der Waals surface area contributed by atoms with Crippen molar-refractivity contribution in [3.8, 4) is 0 Å². The molecule has 1 aliphatic rings. The van der Waals surface area contributed by atoms with Gasteiger partial charge in [-0.2, -0.15) is 0 Å². The second-order valence-corrected chi connectivity index (χ2v) is 5.40. The number of nitrogens with one attached hydrogen (secondary N) is 1. The molecule has 1 fully saturated rings. The molecule has 1 aromatic heterocycles. The van der Waals surface area contributed by atoms with Gasteiger partial charge < -0.3 is 14.5 Å². The Labute approximate surface area is 111 Å². The fourth-order valence-corrected chi connectivity index (χ4v) is 2.78. The first-order valence-electron chi connectivity index (χ1n) is 6.37. The minimum atomic E-state index is 0.264. The highest BCUT2D eigenvalue weighted by molar-refractivity contribution is 9.10. The molecule has 0 amide bonds. The predicted octanol–water partition coefficient (Wildman–Crippen LogP) is 3.51. The number of furan rings is 1. The van der Waals surface area contributed by atoms with Crippen LogP contribution in [0.3, 0.4) is 0 Å². The lowest BCUT2D eigenvalue weighted by Gasteiger charge is -2.30. The summed E-state index contributed by atoms with van der Waals surface area (Å²) >= 11 is 3.55. The first-order valence-corrected chi connectivity index (χ1v) is 7.16. The quantitative estimate of drug-likeness (QED) is 0.904. The Hall–Kier alpha value is -0.320. The molecule has 1 aromatic rings. The van der Waals surface area contributed by atoms with E-state index in [9.17, 15) is 0 Å². The van der Waals surface area contributed by atoms with Gasteiger partial charge in [0.1, 0.15) is 5.76 Å². The normalized spacial score (nSPS) is 22.6. The molecule has 2 unspecified atom stereocenters. The Bertz CT molecular complexity index is 334. The lowest BCUT2D eigenvalue weighted by atomic mass is 9.92. The average molecular weight is 302 g/mol. The van der Waals surface area contributed by atoms with Crippen molar-refractivity contribution in [3.63, 3.8) is 0 Å². The molecule has 1 saturated heterocycles. The monoisotopic (exact) mass is 301 g/mol. The smallest absolute Gasteiger partial charge is 0.135 e. The summed E-state index contributed by atoms with van der Waals surface area (Å²) < 4.78 is 12.2. The van der Waals surface area contributed by atoms with Crippen LogP contribution < -0.4 is 5.32 Å². The number of ether oxygens (including phenoxy) is 1. The number of hydrogen-bond donors (Lipinski definition) is 1. The molecule has 0 saturated carbocycles. The summed E-state index contributed by atoms with van der Waals surface area (Å²) in [6, 6.07) is 2.22. The molecule has 0 bridgehead atoms. The fourth-order valence-electron chi connectivity index (χ4n) is 2.33. The van der Waals surface area contributed by atoms with Crippen LogP contribution in [-0.4, -0.2) is 19.8 Å². The van der Waals surface area contributed by atoms with Gasteiger partial charge in [-0.15, -0.1) is 0 Å². The molecule has 0 aliphatic carbocycles. The van der Waals surface area contributed by atoms with Gasteiger partial charge in [0.15, 0.2) is 0 Å². The Morgan fingerprint density at radius 3 is 3.06 bits per heavy atom. The third-order valence-corrected chi connectivity index (χ3v) is 3.86. The van der Waals surface area contributed by atoms with Gasteiger partial charge in [-0.3, -0.25) is 0 Å². The summed E-state index contributed by atoms with van der Waals surface area (Å²) in [7, 11) is 0. The van der Waals surface area contributed by atoms with Gasteiger partial charge >= 0.3 is 0 Å². The standard InChI is InChI=1S/C13H20BrNO2/c1-2-6-15-12(10-4-3-7-16-9-10)13-11(14)5-8-17-13/h5,8,10,12,15H,2-4,6-7,9H2,1H3. The van der Waals surface area contributed by atoms with Gasteiger partial charge in [0.2, 0.25) is 0 Å². The first-order chi connectivity index (χ1) is 8.33. The van der Waals surface area contributed by atoms with Gasteiger partial charge in [-0.25, -0.2) is 0 Å². The van der Waals surface area contributed by atoms with Crippen molar-refractivity contribution in [1.29, 1.82) is 0 Å². The van der Waals surface area contributed by atoms with E-state index in [4.69, 9.17) is 9.15 Å². The van der Waals surface area contributed by atoms with Crippen molar-refractivity contribution in [1.82, 2.24) is 5.32 Å². The van der Waals surface area contributed by atoms with Gasteiger partial charge in [-0.05, 0) is 47.8 Å². The molecule has 0 aromatic carbocycles. The third-order valence-electron chi connectivity index (χ3n) is 3.21. The molecule has 3 nitrogen and oxygen atoms in total. The number of hydrogen-bond acceptors (Lipinski definition) is 3. The van der Waals surface area contributed by atoms with Crippen LogP contribution in [0.25, 0.3) is 0 Å². The second-order valence-electron chi connectivity index (χ2n) is 4.54. The van der Waals surface area contributed by atoms with E-state index < -0.39 is 0 Å². The molecule has 1 aliphatic heterocycles. The number of halogens is 1. The Morgan fingerprint density at radius 1 is 1.59 bits per heavy atom. The molecule has 0 radical (unpaired) electrons. The van der Waals surface area contributed by atoms with Gasteiger partial charge in [0.25, 0.3) is 0 Å². The summed E-state index contributed by atoms with van der Waals surface area (Å²) in [6.45, 7) is 4.91. The van der Waals surface area contributed by atoms with E-state index >= 15 is 0 Å². The van der Waals surface area contributed by atoms with Crippen molar-refractivity contribution in [3.05, 3.63) is 22.6 Å². The largest absolute Gasteiger partial charge is 0.466 e. The topological polar surface area (TPSA) is 34.4 Å². The zero-order chi connectivity index (χ0) is 12.1. The van der Waals surface area contributed by atoms with Crippen LogP contribution in [0.5, 0.6) is 0 Å². The lowest BCUT2D eigenvalue weighted by molar-refractivity contribution is 0.0354. The van der Waals surface area contributed by atoms with Gasteiger partial charge in [-0.1, -0.05) is 6.92 Å². The minimum absolute atomic E-state index is 0.264. The molecule has 1 N–H and O–H groups in total. The van der Waals surface area contributed by atoms with Crippen LogP contribution in [0.4, 0.5) is 0 Å². The van der Waals surface area contributed by atoms with Crippen LogP contribution >= 0.6 is 15.9 Å². The molecule has 96 valence electrons. The molecular formula is C13H20BrNO2. The van der Waals surface area contributed by atoms with Crippen LogP contribution in [0.1, 0.15) is 38.0 Å². The van der Waals surface area contributed by atoms with Crippen molar-refractivity contribution in [2.45, 2.75) is 32.2 Å². The first kappa shape index (κ1) is 13.1. The SMILES string of the molecule is CCCNC(c1occc1Br)C1CCCOC1. The van der Waals surface area contributed by atoms with E-state index in [1.54, 1.807) is 6.26 Å². The summed E-state index contributed by atoms with van der Waals surface area (Å²) in [4.78, 5) is 0. The molecule has 2 atom stereocenters. The van der Waals surface area contributed by atoms with Crippen molar-refractivity contribution < 1.29 is 9.15 Å². The highest BCUT2D eigenvalue weighted by Gasteiger charge is 2.28. The van der Waals surface area contributed by atoms with E-state index in [1.807, 2.05) is 6.07 Å². The van der Waals surface area contributed by atoms with E-state index in [2.05, 4.69) is 28.2 Å². The molecule has 2 heterocycles. The molecule has 17 heavy (non-hydrogen) atoms. The summed E-state index contributed by atoms with van der Waals surface area (Å²) in [5.41, 5.74) is 0. The Kier molecular flexibility index (Phi) is 5.07. The van der Waals surface area contributed by atoms with Crippen LogP contribution in [0.2, 0.25) is 0 Å². The molecule has 0 spiro atoms. The highest BCUT2D eigenvalue weighted by atomic mass is 79.9. The van der Waals surface area contributed by atoms with E-state index in [1.165, 1.54) is 6.42 Å². The number of rotatable bonds is 5. The van der Waals surface area contributed by atoms with Crippen LogP contribution in [-0.2, 0) is 4.74 Å². The lowest BCUT2D eigenvalue weighted by Crippen LogP contribution is -2.33. The van der Waals surface area contributed by atoms with E-state index in [-0.39, 0.29) is 6.04 Å². The molecule has 2 rings (SSSR count). The summed E-state index contributed by atoms with van der Waals surface area (Å²) in [5.74, 6) is 1.52. The van der Waals surface area contributed by atoms with Crippen LogP contribution in [0, 0.1) is 5.92 Å². The second kappa shape index (κ2) is 6.57. The third kappa shape index (κ3) is 3.33. The highest BCUT2D eigenvalue weighted by Crippen LogP contribution is 2.33. The Morgan fingerprint density at radius 2 is 2.47 bits per heavy atom. The maximum Gasteiger partial charge on any atom is 0.135 e.